The molecule has 1 unspecified atom stereocenters. The molecule has 1 heterocycles. The second-order valence-electron chi connectivity index (χ2n) is 6.70. The van der Waals surface area contributed by atoms with Gasteiger partial charge in [0.05, 0.1) is 21.7 Å². The summed E-state index contributed by atoms with van der Waals surface area (Å²) in [6, 6.07) is 12.9. The summed E-state index contributed by atoms with van der Waals surface area (Å²) < 4.78 is 0. The van der Waals surface area contributed by atoms with Crippen LogP contribution in [0.1, 0.15) is 31.7 Å². The molecule has 0 spiro atoms. The molecular formula is C20H20Cl2N2O2. The SMILES string of the molecule is CC(C)c1ccccc1N1CC(C(=O)Nc2c(Cl)cccc2Cl)CC1=O. The lowest BCUT2D eigenvalue weighted by Crippen LogP contribution is -2.29. The van der Waals surface area contributed by atoms with Crippen molar-refractivity contribution in [1.29, 1.82) is 0 Å². The van der Waals surface area contributed by atoms with E-state index in [0.29, 0.717) is 22.3 Å². The molecule has 2 aromatic carbocycles. The Hall–Kier alpha value is -2.04. The summed E-state index contributed by atoms with van der Waals surface area (Å²) in [6.07, 6.45) is 0.167. The zero-order valence-electron chi connectivity index (χ0n) is 14.6. The van der Waals surface area contributed by atoms with Crippen LogP contribution in [0.15, 0.2) is 42.5 Å². The zero-order valence-corrected chi connectivity index (χ0v) is 16.1. The maximum Gasteiger partial charge on any atom is 0.229 e. The summed E-state index contributed by atoms with van der Waals surface area (Å²) in [6.45, 7) is 4.52. The molecule has 0 bridgehead atoms. The Balaban J connectivity index is 1.79. The fraction of sp³-hybridized carbons (Fsp3) is 0.300. The van der Waals surface area contributed by atoms with Crippen molar-refractivity contribution in [2.75, 3.05) is 16.8 Å². The fourth-order valence-electron chi connectivity index (χ4n) is 3.18. The smallest absolute Gasteiger partial charge is 0.229 e. The first-order valence-corrected chi connectivity index (χ1v) is 9.28. The lowest BCUT2D eigenvalue weighted by Gasteiger charge is -2.22. The number of benzene rings is 2. The van der Waals surface area contributed by atoms with Crippen LogP contribution in [0.2, 0.25) is 10.0 Å². The highest BCUT2D eigenvalue weighted by Crippen LogP contribution is 2.34. The molecule has 1 aliphatic rings. The number of hydrogen-bond acceptors (Lipinski definition) is 2. The van der Waals surface area contributed by atoms with Gasteiger partial charge in [0.2, 0.25) is 11.8 Å². The van der Waals surface area contributed by atoms with Crippen LogP contribution < -0.4 is 10.2 Å². The Labute approximate surface area is 163 Å². The Morgan fingerprint density at radius 1 is 1.12 bits per heavy atom. The number of para-hydroxylation sites is 2. The molecule has 1 saturated heterocycles. The number of carbonyl (C=O) groups is 2. The van der Waals surface area contributed by atoms with Crippen molar-refractivity contribution in [2.45, 2.75) is 26.2 Å². The average molecular weight is 391 g/mol. The summed E-state index contributed by atoms with van der Waals surface area (Å²) in [5, 5.41) is 3.51. The maximum absolute atomic E-state index is 12.7. The molecule has 4 nitrogen and oxygen atoms in total. The lowest BCUT2D eigenvalue weighted by atomic mass is 10.0. The number of halogens is 2. The van der Waals surface area contributed by atoms with Crippen molar-refractivity contribution >= 4 is 46.4 Å². The predicted octanol–water partition coefficient (Wildman–Crippen LogP) is 5.11. The molecule has 2 amide bonds. The van der Waals surface area contributed by atoms with Gasteiger partial charge in [-0.05, 0) is 29.7 Å². The third-order valence-electron chi connectivity index (χ3n) is 4.56. The first-order chi connectivity index (χ1) is 12.4. The monoisotopic (exact) mass is 390 g/mol. The van der Waals surface area contributed by atoms with Crippen LogP contribution >= 0.6 is 23.2 Å². The van der Waals surface area contributed by atoms with Gasteiger partial charge in [0.1, 0.15) is 0 Å². The van der Waals surface area contributed by atoms with Crippen LogP contribution in [-0.2, 0) is 9.59 Å². The molecule has 0 radical (unpaired) electrons. The van der Waals surface area contributed by atoms with Crippen LogP contribution in [0.3, 0.4) is 0 Å². The number of nitrogens with zero attached hydrogens (tertiary/aromatic N) is 1. The molecule has 1 aliphatic heterocycles. The van der Waals surface area contributed by atoms with Gasteiger partial charge in [0.15, 0.2) is 0 Å². The fourth-order valence-corrected chi connectivity index (χ4v) is 3.67. The molecule has 6 heteroatoms. The molecule has 1 atom stereocenters. The maximum atomic E-state index is 12.7. The van der Waals surface area contributed by atoms with Gasteiger partial charge < -0.3 is 10.2 Å². The van der Waals surface area contributed by atoms with Crippen molar-refractivity contribution < 1.29 is 9.59 Å². The number of hydrogen-bond donors (Lipinski definition) is 1. The highest BCUT2D eigenvalue weighted by molar-refractivity contribution is 6.39. The number of carbonyl (C=O) groups excluding carboxylic acids is 2. The number of rotatable bonds is 4. The van der Waals surface area contributed by atoms with E-state index in [4.69, 9.17) is 23.2 Å². The van der Waals surface area contributed by atoms with E-state index in [9.17, 15) is 9.59 Å². The third kappa shape index (κ3) is 3.71. The van der Waals surface area contributed by atoms with Gasteiger partial charge >= 0.3 is 0 Å². The van der Waals surface area contributed by atoms with Crippen LogP contribution in [0, 0.1) is 5.92 Å². The normalized spacial score (nSPS) is 17.0. The standard InChI is InChI=1S/C20H20Cl2N2O2/c1-12(2)14-6-3-4-9-17(14)24-11-13(10-18(24)25)20(26)23-19-15(21)7-5-8-16(19)22/h3-9,12-13H,10-11H2,1-2H3,(H,23,26). The molecule has 0 saturated carbocycles. The first-order valence-electron chi connectivity index (χ1n) is 8.52. The van der Waals surface area contributed by atoms with Crippen molar-refractivity contribution in [2.24, 2.45) is 5.92 Å². The summed E-state index contributed by atoms with van der Waals surface area (Å²) >= 11 is 12.2. The molecule has 0 aliphatic carbocycles. The van der Waals surface area contributed by atoms with Gasteiger partial charge in [-0.3, -0.25) is 9.59 Å². The Bertz CT molecular complexity index is 831. The van der Waals surface area contributed by atoms with Gasteiger partial charge in [0, 0.05) is 18.7 Å². The lowest BCUT2D eigenvalue weighted by molar-refractivity contribution is -0.122. The van der Waals surface area contributed by atoms with Gasteiger partial charge in [0.25, 0.3) is 0 Å². The van der Waals surface area contributed by atoms with Crippen LogP contribution in [0.4, 0.5) is 11.4 Å². The van der Waals surface area contributed by atoms with Crippen molar-refractivity contribution in [1.82, 2.24) is 0 Å². The Kier molecular flexibility index (Phi) is 5.54. The molecule has 0 aromatic heterocycles. The molecule has 1 fully saturated rings. The molecule has 1 N–H and O–H groups in total. The average Bonchev–Trinajstić information content (AvgIpc) is 3.00. The summed E-state index contributed by atoms with van der Waals surface area (Å²) in [5.74, 6) is -0.467. The van der Waals surface area contributed by atoms with Crippen LogP contribution in [0.5, 0.6) is 0 Å². The predicted molar refractivity (Wildman–Crippen MR) is 106 cm³/mol. The third-order valence-corrected chi connectivity index (χ3v) is 5.19. The number of nitrogens with one attached hydrogen (secondary N) is 1. The van der Waals surface area contributed by atoms with E-state index >= 15 is 0 Å². The van der Waals surface area contributed by atoms with E-state index < -0.39 is 5.92 Å². The molecular weight excluding hydrogens is 371 g/mol. The van der Waals surface area contributed by atoms with E-state index in [1.54, 1.807) is 23.1 Å². The van der Waals surface area contributed by atoms with E-state index in [1.165, 1.54) is 0 Å². The van der Waals surface area contributed by atoms with Crippen molar-refractivity contribution in [3.8, 4) is 0 Å². The minimum atomic E-state index is -0.449. The second kappa shape index (κ2) is 7.68. The zero-order chi connectivity index (χ0) is 18.8. The molecule has 26 heavy (non-hydrogen) atoms. The van der Waals surface area contributed by atoms with Gasteiger partial charge in [-0.15, -0.1) is 0 Å². The van der Waals surface area contributed by atoms with Crippen molar-refractivity contribution in [3.05, 3.63) is 58.1 Å². The van der Waals surface area contributed by atoms with Gasteiger partial charge in [-0.1, -0.05) is 61.3 Å². The van der Waals surface area contributed by atoms with E-state index in [0.717, 1.165) is 11.3 Å². The topological polar surface area (TPSA) is 49.4 Å². The van der Waals surface area contributed by atoms with Crippen LogP contribution in [-0.4, -0.2) is 18.4 Å². The molecule has 136 valence electrons. The van der Waals surface area contributed by atoms with Crippen molar-refractivity contribution in [3.63, 3.8) is 0 Å². The Morgan fingerprint density at radius 2 is 1.77 bits per heavy atom. The minimum absolute atomic E-state index is 0.0523. The minimum Gasteiger partial charge on any atom is -0.323 e. The van der Waals surface area contributed by atoms with E-state index in [-0.39, 0.29) is 24.2 Å². The van der Waals surface area contributed by atoms with E-state index in [2.05, 4.69) is 19.2 Å². The summed E-state index contributed by atoms with van der Waals surface area (Å²) in [5.41, 5.74) is 2.35. The summed E-state index contributed by atoms with van der Waals surface area (Å²) in [4.78, 5) is 26.9. The van der Waals surface area contributed by atoms with Gasteiger partial charge in [-0.25, -0.2) is 0 Å². The first kappa shape index (κ1) is 18.7. The second-order valence-corrected chi connectivity index (χ2v) is 7.52. The quantitative estimate of drug-likeness (QED) is 0.788. The van der Waals surface area contributed by atoms with E-state index in [1.807, 2.05) is 24.3 Å². The highest BCUT2D eigenvalue weighted by Gasteiger charge is 2.36. The molecule has 2 aromatic rings. The number of amides is 2. The van der Waals surface area contributed by atoms with Crippen LogP contribution in [0.25, 0.3) is 0 Å². The number of anilines is 2. The Morgan fingerprint density at radius 3 is 2.42 bits per heavy atom. The summed E-state index contributed by atoms with van der Waals surface area (Å²) in [7, 11) is 0. The molecule has 3 rings (SSSR count). The van der Waals surface area contributed by atoms with Gasteiger partial charge in [-0.2, -0.15) is 0 Å². The highest BCUT2D eigenvalue weighted by atomic mass is 35.5. The largest absolute Gasteiger partial charge is 0.323 e.